The lowest BCUT2D eigenvalue weighted by Gasteiger charge is -2.10. The Kier molecular flexibility index (Phi) is 4.53. The monoisotopic (exact) mass is 256 g/mol. The first-order chi connectivity index (χ1) is 9.18. The highest BCUT2D eigenvalue weighted by Gasteiger charge is 2.03. The van der Waals surface area contributed by atoms with Gasteiger partial charge in [0.1, 0.15) is 5.75 Å². The first kappa shape index (κ1) is 13.6. The third-order valence-corrected chi connectivity index (χ3v) is 3.39. The minimum Gasteiger partial charge on any atom is -0.508 e. The topological polar surface area (TPSA) is 45.2 Å². The van der Waals surface area contributed by atoms with Crippen molar-refractivity contribution < 1.29 is 5.11 Å². The number of nitrogens with one attached hydrogen (secondary N) is 1. The predicted molar refractivity (Wildman–Crippen MR) is 77.2 cm³/mol. The average molecular weight is 256 g/mol. The van der Waals surface area contributed by atoms with Gasteiger partial charge in [0.05, 0.1) is 0 Å². The minimum atomic E-state index is 0.368. The van der Waals surface area contributed by atoms with Gasteiger partial charge >= 0.3 is 0 Å². The molecule has 1 heterocycles. The van der Waals surface area contributed by atoms with Crippen LogP contribution in [-0.2, 0) is 13.0 Å². The first-order valence-electron chi connectivity index (χ1n) is 6.56. The molecule has 3 nitrogen and oxygen atoms in total. The largest absolute Gasteiger partial charge is 0.508 e. The molecule has 1 aromatic carbocycles. The number of phenolic OH excluding ortho intramolecular Hbond substituents is 1. The molecule has 0 aliphatic rings. The molecule has 0 amide bonds. The van der Waals surface area contributed by atoms with Crippen LogP contribution in [0.4, 0.5) is 0 Å². The Hall–Kier alpha value is -1.87. The molecule has 0 spiro atoms. The van der Waals surface area contributed by atoms with E-state index in [-0.39, 0.29) is 0 Å². The molecule has 0 aliphatic carbocycles. The van der Waals surface area contributed by atoms with Crippen molar-refractivity contribution in [3.63, 3.8) is 0 Å². The Morgan fingerprint density at radius 3 is 2.74 bits per heavy atom. The molecule has 0 saturated heterocycles. The minimum absolute atomic E-state index is 0.368. The third-order valence-electron chi connectivity index (χ3n) is 3.39. The number of phenols is 1. The van der Waals surface area contributed by atoms with E-state index < -0.39 is 0 Å². The van der Waals surface area contributed by atoms with E-state index in [1.807, 2.05) is 31.5 Å². The van der Waals surface area contributed by atoms with E-state index >= 15 is 0 Å². The summed E-state index contributed by atoms with van der Waals surface area (Å²) in [4.78, 5) is 4.09. The maximum atomic E-state index is 9.80. The molecule has 0 atom stereocenters. The Morgan fingerprint density at radius 1 is 1.16 bits per heavy atom. The molecule has 1 aromatic heterocycles. The average Bonchev–Trinajstić information content (AvgIpc) is 2.39. The van der Waals surface area contributed by atoms with Crippen LogP contribution in [0.1, 0.15) is 22.3 Å². The van der Waals surface area contributed by atoms with Crippen LogP contribution in [-0.4, -0.2) is 16.6 Å². The fourth-order valence-electron chi connectivity index (χ4n) is 2.14. The Morgan fingerprint density at radius 2 is 2.00 bits per heavy atom. The van der Waals surface area contributed by atoms with Gasteiger partial charge in [0.25, 0.3) is 0 Å². The highest BCUT2D eigenvalue weighted by atomic mass is 16.3. The smallest absolute Gasteiger partial charge is 0.120 e. The number of aryl methyl sites for hydroxylation is 2. The van der Waals surface area contributed by atoms with Gasteiger partial charge in [0.2, 0.25) is 0 Å². The number of benzene rings is 1. The van der Waals surface area contributed by atoms with Crippen molar-refractivity contribution in [3.05, 3.63) is 58.9 Å². The molecule has 2 N–H and O–H groups in total. The van der Waals surface area contributed by atoms with E-state index in [1.54, 1.807) is 6.07 Å². The zero-order chi connectivity index (χ0) is 13.7. The summed E-state index contributed by atoms with van der Waals surface area (Å²) in [6.07, 6.45) is 4.69. The number of hydrogen-bond acceptors (Lipinski definition) is 3. The van der Waals surface area contributed by atoms with Gasteiger partial charge in [-0.1, -0.05) is 12.1 Å². The number of nitrogens with zero attached hydrogens (tertiary/aromatic N) is 1. The quantitative estimate of drug-likeness (QED) is 0.809. The lowest BCUT2D eigenvalue weighted by atomic mass is 10.1. The van der Waals surface area contributed by atoms with Gasteiger partial charge in [-0.05, 0) is 55.6 Å². The van der Waals surface area contributed by atoms with Crippen LogP contribution in [0.25, 0.3) is 0 Å². The van der Waals surface area contributed by atoms with Gasteiger partial charge in [-0.3, -0.25) is 4.98 Å². The van der Waals surface area contributed by atoms with E-state index in [0.717, 1.165) is 24.1 Å². The van der Waals surface area contributed by atoms with Crippen LogP contribution in [0.2, 0.25) is 0 Å². The van der Waals surface area contributed by atoms with Gasteiger partial charge in [-0.25, -0.2) is 0 Å². The molecular weight excluding hydrogens is 236 g/mol. The van der Waals surface area contributed by atoms with Crippen LogP contribution in [0.3, 0.4) is 0 Å². The molecule has 0 bridgehead atoms. The fourth-order valence-corrected chi connectivity index (χ4v) is 2.14. The molecule has 3 heteroatoms. The second-order valence-electron chi connectivity index (χ2n) is 4.80. The summed E-state index contributed by atoms with van der Waals surface area (Å²) >= 11 is 0. The van der Waals surface area contributed by atoms with Gasteiger partial charge < -0.3 is 10.4 Å². The van der Waals surface area contributed by atoms with Crippen molar-refractivity contribution in [1.82, 2.24) is 10.3 Å². The SMILES string of the molecule is Cc1cnccc1CCNCc1c(C)cccc1O. The summed E-state index contributed by atoms with van der Waals surface area (Å²) in [5.74, 6) is 0.368. The summed E-state index contributed by atoms with van der Waals surface area (Å²) in [5.41, 5.74) is 4.64. The number of pyridine rings is 1. The van der Waals surface area contributed by atoms with Crippen LogP contribution < -0.4 is 5.32 Å². The maximum Gasteiger partial charge on any atom is 0.120 e. The first-order valence-corrected chi connectivity index (χ1v) is 6.56. The van der Waals surface area contributed by atoms with E-state index in [4.69, 9.17) is 0 Å². The molecule has 100 valence electrons. The second-order valence-corrected chi connectivity index (χ2v) is 4.80. The second kappa shape index (κ2) is 6.34. The van der Waals surface area contributed by atoms with Crippen LogP contribution >= 0.6 is 0 Å². The van der Waals surface area contributed by atoms with Gasteiger partial charge in [-0.15, -0.1) is 0 Å². The fraction of sp³-hybridized carbons (Fsp3) is 0.312. The molecule has 0 saturated carbocycles. The van der Waals surface area contributed by atoms with Crippen molar-refractivity contribution in [2.45, 2.75) is 26.8 Å². The van der Waals surface area contributed by atoms with E-state index in [9.17, 15) is 5.11 Å². The van der Waals surface area contributed by atoms with Crippen molar-refractivity contribution in [3.8, 4) is 5.75 Å². The Labute approximate surface area is 114 Å². The summed E-state index contributed by atoms with van der Waals surface area (Å²) in [7, 11) is 0. The van der Waals surface area contributed by atoms with Gasteiger partial charge in [0.15, 0.2) is 0 Å². The Balaban J connectivity index is 1.86. The number of aromatic nitrogens is 1. The highest BCUT2D eigenvalue weighted by molar-refractivity contribution is 5.38. The summed E-state index contributed by atoms with van der Waals surface area (Å²) in [6, 6.07) is 7.68. The zero-order valence-electron chi connectivity index (χ0n) is 11.5. The molecular formula is C16H20N2O. The number of rotatable bonds is 5. The Bertz CT molecular complexity index is 532. The molecule has 0 unspecified atom stereocenters. The van der Waals surface area contributed by atoms with Crippen LogP contribution in [0, 0.1) is 13.8 Å². The maximum absolute atomic E-state index is 9.80. The normalized spacial score (nSPS) is 10.6. The van der Waals surface area contributed by atoms with E-state index in [0.29, 0.717) is 12.3 Å². The van der Waals surface area contributed by atoms with Crippen LogP contribution in [0.5, 0.6) is 5.75 Å². The molecule has 0 aliphatic heterocycles. The van der Waals surface area contributed by atoms with Crippen molar-refractivity contribution in [2.24, 2.45) is 0 Å². The molecule has 0 radical (unpaired) electrons. The summed E-state index contributed by atoms with van der Waals surface area (Å²) in [5, 5.41) is 13.2. The predicted octanol–water partition coefficient (Wildman–Crippen LogP) is 2.74. The number of hydrogen-bond donors (Lipinski definition) is 2. The molecule has 19 heavy (non-hydrogen) atoms. The summed E-state index contributed by atoms with van der Waals surface area (Å²) in [6.45, 7) is 5.68. The molecule has 2 aromatic rings. The van der Waals surface area contributed by atoms with Crippen molar-refractivity contribution in [1.29, 1.82) is 0 Å². The van der Waals surface area contributed by atoms with Crippen molar-refractivity contribution >= 4 is 0 Å². The molecule has 2 rings (SSSR count). The zero-order valence-corrected chi connectivity index (χ0v) is 11.5. The van der Waals surface area contributed by atoms with Gasteiger partial charge in [-0.2, -0.15) is 0 Å². The number of aromatic hydroxyl groups is 1. The summed E-state index contributed by atoms with van der Waals surface area (Å²) < 4.78 is 0. The van der Waals surface area contributed by atoms with Crippen LogP contribution in [0.15, 0.2) is 36.7 Å². The van der Waals surface area contributed by atoms with E-state index in [2.05, 4.69) is 23.3 Å². The lowest BCUT2D eigenvalue weighted by molar-refractivity contribution is 0.464. The van der Waals surface area contributed by atoms with Gasteiger partial charge in [0, 0.05) is 24.5 Å². The highest BCUT2D eigenvalue weighted by Crippen LogP contribution is 2.19. The third kappa shape index (κ3) is 3.55. The van der Waals surface area contributed by atoms with Crippen molar-refractivity contribution in [2.75, 3.05) is 6.54 Å². The standard InChI is InChI=1S/C16H20N2O/c1-12-4-3-5-16(19)15(12)11-18-9-7-14-6-8-17-10-13(14)2/h3-6,8,10,18-19H,7,9,11H2,1-2H3. The van der Waals surface area contributed by atoms with E-state index in [1.165, 1.54) is 11.1 Å². The lowest BCUT2D eigenvalue weighted by Crippen LogP contribution is -2.17. The molecule has 0 fully saturated rings.